The largest absolute Gasteiger partial charge is 0.359 e. The highest BCUT2D eigenvalue weighted by Gasteiger charge is 2.18. The van der Waals surface area contributed by atoms with Crippen LogP contribution in [0.15, 0.2) is 24.3 Å². The van der Waals surface area contributed by atoms with E-state index in [0.717, 1.165) is 5.56 Å². The fraction of sp³-hybridized carbons (Fsp3) is 0.438. The molecule has 0 spiro atoms. The summed E-state index contributed by atoms with van der Waals surface area (Å²) in [5, 5.41) is 10.8. The number of amides is 5. The molecule has 4 N–H and O–H groups in total. The minimum atomic E-state index is -0.321. The van der Waals surface area contributed by atoms with Gasteiger partial charge in [-0.25, -0.2) is 9.59 Å². The van der Waals surface area contributed by atoms with Crippen molar-refractivity contribution in [3.8, 4) is 0 Å². The Balaban J connectivity index is 1.74. The van der Waals surface area contributed by atoms with E-state index in [0.29, 0.717) is 44.7 Å². The van der Waals surface area contributed by atoms with Crippen LogP contribution in [0.25, 0.3) is 0 Å². The van der Waals surface area contributed by atoms with Gasteiger partial charge in [-0.1, -0.05) is 12.1 Å². The molecule has 0 bridgehead atoms. The summed E-state index contributed by atoms with van der Waals surface area (Å²) in [7, 11) is 1.61. The third-order valence-corrected chi connectivity index (χ3v) is 3.72. The van der Waals surface area contributed by atoms with Crippen LogP contribution in [0.5, 0.6) is 0 Å². The Bertz CT molecular complexity index is 605. The van der Waals surface area contributed by atoms with Crippen molar-refractivity contribution in [1.29, 1.82) is 0 Å². The Kier molecular flexibility index (Phi) is 6.41. The lowest BCUT2D eigenvalue weighted by Crippen LogP contribution is -2.38. The zero-order valence-corrected chi connectivity index (χ0v) is 13.7. The standard InChI is InChI=1S/C16H23N5O3/c1-17-14(22)6-5-12-3-2-4-13(11-12)20-15(23)18-7-9-21-10-8-19-16(21)24/h2-4,11H,5-10H2,1H3,(H,17,22)(H,19,24)(H2,18,20,23). The Morgan fingerprint density at radius 3 is 2.88 bits per heavy atom. The van der Waals surface area contributed by atoms with Crippen molar-refractivity contribution in [3.05, 3.63) is 29.8 Å². The van der Waals surface area contributed by atoms with Crippen molar-refractivity contribution in [2.75, 3.05) is 38.5 Å². The fourth-order valence-corrected chi connectivity index (χ4v) is 2.39. The van der Waals surface area contributed by atoms with E-state index in [1.807, 2.05) is 18.2 Å². The van der Waals surface area contributed by atoms with Gasteiger partial charge in [0, 0.05) is 45.3 Å². The molecule has 1 fully saturated rings. The quantitative estimate of drug-likeness (QED) is 0.585. The molecule has 5 amide bonds. The third kappa shape index (κ3) is 5.45. The van der Waals surface area contributed by atoms with Gasteiger partial charge in [0.25, 0.3) is 0 Å². The molecule has 0 unspecified atom stereocenters. The number of aryl methyl sites for hydroxylation is 1. The molecule has 8 nitrogen and oxygen atoms in total. The lowest BCUT2D eigenvalue weighted by Gasteiger charge is -2.14. The van der Waals surface area contributed by atoms with Crippen molar-refractivity contribution >= 4 is 23.7 Å². The predicted octanol–water partition coefficient (Wildman–Crippen LogP) is 0.512. The summed E-state index contributed by atoms with van der Waals surface area (Å²) in [5.74, 6) is -0.0166. The van der Waals surface area contributed by atoms with Crippen molar-refractivity contribution in [2.24, 2.45) is 0 Å². The third-order valence-electron chi connectivity index (χ3n) is 3.72. The number of hydrogen-bond acceptors (Lipinski definition) is 3. The van der Waals surface area contributed by atoms with Gasteiger partial charge in [-0.05, 0) is 24.1 Å². The number of hydrogen-bond donors (Lipinski definition) is 4. The molecule has 0 radical (unpaired) electrons. The lowest BCUT2D eigenvalue weighted by atomic mass is 10.1. The predicted molar refractivity (Wildman–Crippen MR) is 90.8 cm³/mol. The van der Waals surface area contributed by atoms with Gasteiger partial charge in [-0.2, -0.15) is 0 Å². The minimum absolute atomic E-state index is 0.0166. The van der Waals surface area contributed by atoms with Crippen LogP contribution in [0, 0.1) is 0 Å². The Labute approximate surface area is 141 Å². The van der Waals surface area contributed by atoms with Crippen LogP contribution in [0.4, 0.5) is 15.3 Å². The summed E-state index contributed by atoms with van der Waals surface area (Å²) in [6, 6.07) is 6.97. The number of rotatable bonds is 7. The smallest absolute Gasteiger partial charge is 0.319 e. The van der Waals surface area contributed by atoms with Gasteiger partial charge in [0.15, 0.2) is 0 Å². The van der Waals surface area contributed by atoms with Crippen molar-refractivity contribution in [3.63, 3.8) is 0 Å². The van der Waals surface area contributed by atoms with Crippen LogP contribution in [0.1, 0.15) is 12.0 Å². The molecule has 8 heteroatoms. The van der Waals surface area contributed by atoms with Gasteiger partial charge in [-0.3, -0.25) is 4.79 Å². The zero-order chi connectivity index (χ0) is 17.4. The maximum atomic E-state index is 11.9. The van der Waals surface area contributed by atoms with Crippen molar-refractivity contribution in [2.45, 2.75) is 12.8 Å². The Morgan fingerprint density at radius 2 is 2.17 bits per heavy atom. The van der Waals surface area contributed by atoms with Crippen LogP contribution >= 0.6 is 0 Å². The molecule has 1 aliphatic rings. The molecule has 0 saturated carbocycles. The van der Waals surface area contributed by atoms with Crippen LogP contribution in [-0.2, 0) is 11.2 Å². The molecule has 24 heavy (non-hydrogen) atoms. The second kappa shape index (κ2) is 8.76. The average Bonchev–Trinajstić information content (AvgIpc) is 2.98. The fourth-order valence-electron chi connectivity index (χ4n) is 2.39. The van der Waals surface area contributed by atoms with Gasteiger partial charge in [0.2, 0.25) is 5.91 Å². The topological polar surface area (TPSA) is 103 Å². The highest BCUT2D eigenvalue weighted by molar-refractivity contribution is 5.89. The normalized spacial score (nSPS) is 13.4. The SMILES string of the molecule is CNC(=O)CCc1cccc(NC(=O)NCCN2CCNC2=O)c1. The van der Waals surface area contributed by atoms with E-state index in [9.17, 15) is 14.4 Å². The van der Waals surface area contributed by atoms with Gasteiger partial charge >= 0.3 is 12.1 Å². The molecule has 1 aliphatic heterocycles. The second-order valence-corrected chi connectivity index (χ2v) is 5.47. The molecule has 0 aromatic heterocycles. The summed E-state index contributed by atoms with van der Waals surface area (Å²) in [6.07, 6.45) is 1.02. The summed E-state index contributed by atoms with van der Waals surface area (Å²) >= 11 is 0. The first kappa shape index (κ1) is 17.6. The van der Waals surface area contributed by atoms with Crippen molar-refractivity contribution in [1.82, 2.24) is 20.9 Å². The number of urea groups is 2. The molecule has 1 heterocycles. The van der Waals surface area contributed by atoms with Gasteiger partial charge in [-0.15, -0.1) is 0 Å². The van der Waals surface area contributed by atoms with E-state index < -0.39 is 0 Å². The molecule has 1 saturated heterocycles. The molecule has 0 aliphatic carbocycles. The number of benzene rings is 1. The summed E-state index contributed by atoms with van der Waals surface area (Å²) in [6.45, 7) is 2.17. The summed E-state index contributed by atoms with van der Waals surface area (Å²) < 4.78 is 0. The van der Waals surface area contributed by atoms with E-state index in [1.165, 1.54) is 0 Å². The number of carbonyl (C=O) groups is 3. The van der Waals surface area contributed by atoms with Gasteiger partial charge < -0.3 is 26.2 Å². The summed E-state index contributed by atoms with van der Waals surface area (Å²) in [4.78, 5) is 36.2. The van der Waals surface area contributed by atoms with Gasteiger partial charge in [0.1, 0.15) is 0 Å². The first-order valence-corrected chi connectivity index (χ1v) is 7.95. The minimum Gasteiger partial charge on any atom is -0.359 e. The second-order valence-electron chi connectivity index (χ2n) is 5.47. The molecule has 130 valence electrons. The molecule has 1 aromatic rings. The van der Waals surface area contributed by atoms with E-state index >= 15 is 0 Å². The van der Waals surface area contributed by atoms with E-state index in [-0.39, 0.29) is 18.0 Å². The van der Waals surface area contributed by atoms with Crippen LogP contribution < -0.4 is 21.3 Å². The van der Waals surface area contributed by atoms with Crippen LogP contribution in [0.3, 0.4) is 0 Å². The van der Waals surface area contributed by atoms with Crippen LogP contribution in [-0.4, -0.2) is 56.1 Å². The Hall–Kier alpha value is -2.77. The maximum absolute atomic E-state index is 11.9. The Morgan fingerprint density at radius 1 is 1.33 bits per heavy atom. The number of nitrogens with zero attached hydrogens (tertiary/aromatic N) is 1. The molecule has 0 atom stereocenters. The monoisotopic (exact) mass is 333 g/mol. The van der Waals surface area contributed by atoms with Crippen LogP contribution in [0.2, 0.25) is 0 Å². The van der Waals surface area contributed by atoms with E-state index in [1.54, 1.807) is 18.0 Å². The summed E-state index contributed by atoms with van der Waals surface area (Å²) in [5.41, 5.74) is 1.64. The highest BCUT2D eigenvalue weighted by Crippen LogP contribution is 2.12. The molecule has 2 rings (SSSR count). The lowest BCUT2D eigenvalue weighted by molar-refractivity contribution is -0.120. The first-order valence-electron chi connectivity index (χ1n) is 7.95. The number of nitrogens with one attached hydrogen (secondary N) is 4. The molecular formula is C16H23N5O3. The average molecular weight is 333 g/mol. The van der Waals surface area contributed by atoms with E-state index in [2.05, 4.69) is 21.3 Å². The maximum Gasteiger partial charge on any atom is 0.319 e. The zero-order valence-electron chi connectivity index (χ0n) is 13.7. The number of carbonyl (C=O) groups excluding carboxylic acids is 3. The molecule has 1 aromatic carbocycles. The van der Waals surface area contributed by atoms with Crippen molar-refractivity contribution < 1.29 is 14.4 Å². The first-order chi connectivity index (χ1) is 11.6. The highest BCUT2D eigenvalue weighted by atomic mass is 16.2. The molecular weight excluding hydrogens is 310 g/mol. The van der Waals surface area contributed by atoms with Gasteiger partial charge in [0.05, 0.1) is 0 Å². The number of anilines is 1. The van der Waals surface area contributed by atoms with E-state index in [4.69, 9.17) is 0 Å².